The van der Waals surface area contributed by atoms with Crippen molar-refractivity contribution in [3.8, 4) is 0 Å². The second kappa shape index (κ2) is 9.52. The maximum absolute atomic E-state index is 12.7. The van der Waals surface area contributed by atoms with Crippen LogP contribution in [0.4, 0.5) is 0 Å². The van der Waals surface area contributed by atoms with Gasteiger partial charge in [-0.25, -0.2) is 4.98 Å². The first-order chi connectivity index (χ1) is 12.1. The van der Waals surface area contributed by atoms with E-state index in [4.69, 9.17) is 0 Å². The lowest BCUT2D eigenvalue weighted by molar-refractivity contribution is -0.121. The Kier molecular flexibility index (Phi) is 7.07. The molecule has 6 heteroatoms. The van der Waals surface area contributed by atoms with Gasteiger partial charge >= 0.3 is 0 Å². The molecule has 1 atom stereocenters. The van der Waals surface area contributed by atoms with E-state index in [-0.39, 0.29) is 30.0 Å². The molecule has 0 saturated carbocycles. The SMILES string of the molecule is CC[C@H](C)NC(=O)CCN(Cc1ccccc1)C(=O)c1cnccn1. The zero-order chi connectivity index (χ0) is 18.1. The lowest BCUT2D eigenvalue weighted by atomic mass is 10.2. The van der Waals surface area contributed by atoms with Gasteiger partial charge in [-0.2, -0.15) is 0 Å². The molecule has 0 unspecified atom stereocenters. The maximum atomic E-state index is 12.7. The van der Waals surface area contributed by atoms with E-state index in [2.05, 4.69) is 15.3 Å². The highest BCUT2D eigenvalue weighted by Crippen LogP contribution is 2.09. The first-order valence-electron chi connectivity index (χ1n) is 8.48. The Bertz CT molecular complexity index is 676. The highest BCUT2D eigenvalue weighted by Gasteiger charge is 2.19. The smallest absolute Gasteiger partial charge is 0.274 e. The van der Waals surface area contributed by atoms with Gasteiger partial charge in [-0.15, -0.1) is 0 Å². The fourth-order valence-electron chi connectivity index (χ4n) is 2.31. The van der Waals surface area contributed by atoms with Crippen LogP contribution in [0.25, 0.3) is 0 Å². The molecule has 0 radical (unpaired) electrons. The van der Waals surface area contributed by atoms with Crippen molar-refractivity contribution in [1.82, 2.24) is 20.2 Å². The summed E-state index contributed by atoms with van der Waals surface area (Å²) in [5.74, 6) is -0.285. The number of carbonyl (C=O) groups excluding carboxylic acids is 2. The van der Waals surface area contributed by atoms with Crippen LogP contribution >= 0.6 is 0 Å². The van der Waals surface area contributed by atoms with Gasteiger partial charge in [0.05, 0.1) is 6.20 Å². The Morgan fingerprint density at radius 2 is 1.96 bits per heavy atom. The monoisotopic (exact) mass is 340 g/mol. The topological polar surface area (TPSA) is 75.2 Å². The van der Waals surface area contributed by atoms with Crippen LogP contribution in [0.5, 0.6) is 0 Å². The normalized spacial score (nSPS) is 11.6. The van der Waals surface area contributed by atoms with Crippen LogP contribution in [0.15, 0.2) is 48.9 Å². The summed E-state index contributed by atoms with van der Waals surface area (Å²) in [5.41, 5.74) is 1.28. The molecule has 0 spiro atoms. The number of benzene rings is 1. The average molecular weight is 340 g/mol. The Morgan fingerprint density at radius 1 is 1.20 bits per heavy atom. The third-order valence-electron chi connectivity index (χ3n) is 3.91. The van der Waals surface area contributed by atoms with Crippen molar-refractivity contribution in [2.24, 2.45) is 0 Å². The lowest BCUT2D eigenvalue weighted by Crippen LogP contribution is -2.37. The van der Waals surface area contributed by atoms with E-state index in [9.17, 15) is 9.59 Å². The molecular formula is C19H24N4O2. The standard InChI is InChI=1S/C19H24N4O2/c1-3-15(2)22-18(24)9-12-23(14-16-7-5-4-6-8-16)19(25)17-13-20-10-11-21-17/h4-8,10-11,13,15H,3,9,12,14H2,1-2H3,(H,22,24)/t15-/m0/s1. The van der Waals surface area contributed by atoms with E-state index in [0.29, 0.717) is 13.1 Å². The molecular weight excluding hydrogens is 316 g/mol. The molecule has 6 nitrogen and oxygen atoms in total. The predicted molar refractivity (Wildman–Crippen MR) is 95.7 cm³/mol. The summed E-state index contributed by atoms with van der Waals surface area (Å²) < 4.78 is 0. The third kappa shape index (κ3) is 5.99. The van der Waals surface area contributed by atoms with Gasteiger partial charge in [0.2, 0.25) is 5.91 Å². The van der Waals surface area contributed by atoms with Crippen LogP contribution in [-0.2, 0) is 11.3 Å². The predicted octanol–water partition coefficient (Wildman–Crippen LogP) is 2.42. The molecule has 0 aliphatic heterocycles. The fraction of sp³-hybridized carbons (Fsp3) is 0.368. The van der Waals surface area contributed by atoms with E-state index in [0.717, 1.165) is 12.0 Å². The molecule has 2 rings (SSSR count). The maximum Gasteiger partial charge on any atom is 0.274 e. The van der Waals surface area contributed by atoms with Crippen molar-refractivity contribution < 1.29 is 9.59 Å². The Hall–Kier alpha value is -2.76. The molecule has 0 bridgehead atoms. The van der Waals surface area contributed by atoms with Crippen LogP contribution in [-0.4, -0.2) is 39.3 Å². The van der Waals surface area contributed by atoms with E-state index in [1.54, 1.807) is 4.90 Å². The molecule has 132 valence electrons. The highest BCUT2D eigenvalue weighted by atomic mass is 16.2. The highest BCUT2D eigenvalue weighted by molar-refractivity contribution is 5.92. The number of rotatable bonds is 8. The van der Waals surface area contributed by atoms with Crippen LogP contribution < -0.4 is 5.32 Å². The molecule has 1 heterocycles. The zero-order valence-electron chi connectivity index (χ0n) is 14.7. The molecule has 0 fully saturated rings. The molecule has 1 N–H and O–H groups in total. The molecule has 1 aromatic heterocycles. The molecule has 0 saturated heterocycles. The van der Waals surface area contributed by atoms with Crippen molar-refractivity contribution in [1.29, 1.82) is 0 Å². The van der Waals surface area contributed by atoms with Gasteiger partial charge in [-0.1, -0.05) is 37.3 Å². The van der Waals surface area contributed by atoms with Crippen molar-refractivity contribution in [3.63, 3.8) is 0 Å². The van der Waals surface area contributed by atoms with Crippen molar-refractivity contribution in [3.05, 3.63) is 60.2 Å². The number of hydrogen-bond donors (Lipinski definition) is 1. The summed E-state index contributed by atoms with van der Waals surface area (Å²) >= 11 is 0. The van der Waals surface area contributed by atoms with Gasteiger partial charge in [-0.3, -0.25) is 14.6 Å². The van der Waals surface area contributed by atoms with Crippen LogP contribution in [0.3, 0.4) is 0 Å². The van der Waals surface area contributed by atoms with E-state index in [1.807, 2.05) is 44.2 Å². The van der Waals surface area contributed by atoms with Gasteiger partial charge < -0.3 is 10.2 Å². The van der Waals surface area contributed by atoms with Gasteiger partial charge in [0.1, 0.15) is 5.69 Å². The van der Waals surface area contributed by atoms with E-state index < -0.39 is 0 Å². The first-order valence-corrected chi connectivity index (χ1v) is 8.48. The minimum Gasteiger partial charge on any atom is -0.354 e. The molecule has 25 heavy (non-hydrogen) atoms. The van der Waals surface area contributed by atoms with E-state index in [1.165, 1.54) is 18.6 Å². The third-order valence-corrected chi connectivity index (χ3v) is 3.91. The van der Waals surface area contributed by atoms with Crippen molar-refractivity contribution >= 4 is 11.8 Å². The number of hydrogen-bond acceptors (Lipinski definition) is 4. The molecule has 0 aliphatic rings. The number of nitrogens with zero attached hydrogens (tertiary/aromatic N) is 3. The Morgan fingerprint density at radius 3 is 2.60 bits per heavy atom. The molecule has 2 aromatic rings. The lowest BCUT2D eigenvalue weighted by Gasteiger charge is -2.22. The van der Waals surface area contributed by atoms with Gasteiger partial charge in [0.25, 0.3) is 5.91 Å². The number of amides is 2. The summed E-state index contributed by atoms with van der Waals surface area (Å²) in [4.78, 5) is 34.4. The first kappa shape index (κ1) is 18.6. The van der Waals surface area contributed by atoms with Crippen LogP contribution in [0.2, 0.25) is 0 Å². The summed E-state index contributed by atoms with van der Waals surface area (Å²) in [7, 11) is 0. The number of aromatic nitrogens is 2. The van der Waals surface area contributed by atoms with Gasteiger partial charge in [0, 0.05) is 37.9 Å². The summed E-state index contributed by atoms with van der Waals surface area (Å²) in [5, 5.41) is 2.92. The van der Waals surface area contributed by atoms with Gasteiger partial charge in [-0.05, 0) is 18.9 Å². The fourth-order valence-corrected chi connectivity index (χ4v) is 2.31. The van der Waals surface area contributed by atoms with Crippen molar-refractivity contribution in [2.75, 3.05) is 6.54 Å². The minimum absolute atomic E-state index is 0.0562. The Balaban J connectivity index is 2.06. The second-order valence-corrected chi connectivity index (χ2v) is 5.93. The largest absolute Gasteiger partial charge is 0.354 e. The molecule has 2 amide bonds. The summed E-state index contributed by atoms with van der Waals surface area (Å²) in [6.07, 6.45) is 5.59. The molecule has 1 aromatic carbocycles. The average Bonchev–Trinajstić information content (AvgIpc) is 2.66. The van der Waals surface area contributed by atoms with Crippen LogP contribution in [0, 0.1) is 0 Å². The molecule has 0 aliphatic carbocycles. The second-order valence-electron chi connectivity index (χ2n) is 5.93. The number of carbonyl (C=O) groups is 2. The summed E-state index contributed by atoms with van der Waals surface area (Å²) in [6, 6.07) is 9.82. The van der Waals surface area contributed by atoms with E-state index >= 15 is 0 Å². The van der Waals surface area contributed by atoms with Crippen LogP contribution in [0.1, 0.15) is 42.7 Å². The zero-order valence-corrected chi connectivity index (χ0v) is 14.7. The van der Waals surface area contributed by atoms with Gasteiger partial charge in [0.15, 0.2) is 0 Å². The minimum atomic E-state index is -0.228. The quantitative estimate of drug-likeness (QED) is 0.801. The summed E-state index contributed by atoms with van der Waals surface area (Å²) in [6.45, 7) is 4.73. The Labute approximate surface area is 148 Å². The number of nitrogens with one attached hydrogen (secondary N) is 1. The van der Waals surface area contributed by atoms with Crippen molar-refractivity contribution in [2.45, 2.75) is 39.3 Å².